The topological polar surface area (TPSA) is 47.6 Å². The largest absolute Gasteiger partial charge is 0.203 e. The van der Waals surface area contributed by atoms with Gasteiger partial charge in [0.1, 0.15) is 0 Å². The number of nitrogens with zero attached hydrogens (tertiary/aromatic N) is 2. The van der Waals surface area contributed by atoms with Crippen LogP contribution in [0.15, 0.2) is 11.1 Å². The van der Waals surface area contributed by atoms with E-state index in [2.05, 4.69) is 0 Å². The van der Waals surface area contributed by atoms with E-state index >= 15 is 0 Å². The van der Waals surface area contributed by atoms with Gasteiger partial charge in [-0.05, 0) is 36.8 Å². The summed E-state index contributed by atoms with van der Waals surface area (Å²) >= 11 is 0. The second-order valence-corrected chi connectivity index (χ2v) is 6.35. The molecule has 0 aliphatic carbocycles. The lowest BCUT2D eigenvalue weighted by atomic mass is 9.89. The summed E-state index contributed by atoms with van der Waals surface area (Å²) in [6, 6.07) is 3.76. The van der Waals surface area contributed by atoms with E-state index < -0.39 is 34.4 Å². The van der Waals surface area contributed by atoms with Crippen LogP contribution in [0.1, 0.15) is 77.3 Å². The van der Waals surface area contributed by atoms with Gasteiger partial charge in [-0.2, -0.15) is 10.5 Å². The molecule has 0 fully saturated rings. The minimum atomic E-state index is -1.53. The molecule has 0 N–H and O–H groups in total. The summed E-state index contributed by atoms with van der Waals surface area (Å²) in [5.74, 6) is -6.12. The first-order chi connectivity index (χ1) is 13.3. The Kier molecular flexibility index (Phi) is 8.92. The highest BCUT2D eigenvalue weighted by molar-refractivity contribution is 5.77. The molecular formula is C22H24F4N2. The maximum absolute atomic E-state index is 15.0. The number of benzene rings is 1. The summed E-state index contributed by atoms with van der Waals surface area (Å²) in [6.07, 6.45) is 1.59. The van der Waals surface area contributed by atoms with Crippen molar-refractivity contribution < 1.29 is 17.6 Å². The molecule has 1 aromatic carbocycles. The molecule has 1 aromatic rings. The van der Waals surface area contributed by atoms with Gasteiger partial charge in [-0.15, -0.1) is 0 Å². The van der Waals surface area contributed by atoms with Gasteiger partial charge in [0.25, 0.3) is 0 Å². The highest BCUT2D eigenvalue weighted by Gasteiger charge is 2.30. The molecule has 150 valence electrons. The van der Waals surface area contributed by atoms with Crippen LogP contribution in [0.5, 0.6) is 0 Å². The first kappa shape index (κ1) is 23.4. The van der Waals surface area contributed by atoms with E-state index in [9.17, 15) is 28.1 Å². The van der Waals surface area contributed by atoms with Crippen LogP contribution in [0.4, 0.5) is 17.6 Å². The lowest BCUT2D eigenvalue weighted by Gasteiger charge is -2.17. The molecule has 6 heteroatoms. The maximum Gasteiger partial charge on any atom is 0.170 e. The zero-order valence-electron chi connectivity index (χ0n) is 16.6. The Labute approximate surface area is 163 Å². The molecule has 0 unspecified atom stereocenters. The fraction of sp³-hybridized carbons (Fsp3) is 0.455. The van der Waals surface area contributed by atoms with Crippen LogP contribution in [0, 0.1) is 45.9 Å². The van der Waals surface area contributed by atoms with Crippen molar-refractivity contribution in [2.75, 3.05) is 0 Å². The summed E-state index contributed by atoms with van der Waals surface area (Å²) in [7, 11) is 0. The number of hydrogen-bond acceptors (Lipinski definition) is 2. The molecule has 0 spiro atoms. The van der Waals surface area contributed by atoms with E-state index in [4.69, 9.17) is 0 Å². The molecular weight excluding hydrogens is 368 g/mol. The van der Waals surface area contributed by atoms with Crippen LogP contribution in [0.25, 0.3) is 11.1 Å². The molecule has 1 rings (SSSR count). The standard InChI is InChI=1S/C22H24F4N2/c1-5-9-14(12-28)16(10-6-2)18-21(25)19(23)17(20(24)22(18)26)15(8-4)13(7-3)11-27/h5-10H2,1-4H3/b15-13-,16-14-. The van der Waals surface area contributed by atoms with E-state index in [1.54, 1.807) is 27.7 Å². The molecule has 0 heterocycles. The summed E-state index contributed by atoms with van der Waals surface area (Å²) in [5, 5.41) is 18.6. The number of nitriles is 2. The Morgan fingerprint density at radius 1 is 0.643 bits per heavy atom. The van der Waals surface area contributed by atoms with Gasteiger partial charge in [0.2, 0.25) is 0 Å². The molecule has 0 bridgehead atoms. The van der Waals surface area contributed by atoms with Crippen molar-refractivity contribution in [2.45, 2.75) is 66.2 Å². The van der Waals surface area contributed by atoms with Crippen LogP contribution < -0.4 is 0 Å². The predicted octanol–water partition coefficient (Wildman–Crippen LogP) is 7.22. The zero-order chi connectivity index (χ0) is 21.4. The van der Waals surface area contributed by atoms with E-state index in [0.29, 0.717) is 12.8 Å². The third kappa shape index (κ3) is 4.44. The Balaban J connectivity index is 4.00. The smallest absolute Gasteiger partial charge is 0.170 e. The Morgan fingerprint density at radius 2 is 1.07 bits per heavy atom. The monoisotopic (exact) mass is 392 g/mol. The molecule has 0 atom stereocenters. The summed E-state index contributed by atoms with van der Waals surface area (Å²) in [6.45, 7) is 6.72. The number of allylic oxidation sites excluding steroid dienone is 4. The number of hydrogen-bond donors (Lipinski definition) is 0. The number of halogens is 4. The minimum absolute atomic E-state index is 0.00998. The van der Waals surface area contributed by atoms with Crippen LogP contribution >= 0.6 is 0 Å². The van der Waals surface area contributed by atoms with Gasteiger partial charge in [-0.25, -0.2) is 17.6 Å². The Bertz CT molecular complexity index is 854. The molecule has 0 saturated heterocycles. The highest BCUT2D eigenvalue weighted by atomic mass is 19.2. The molecule has 0 saturated carbocycles. The molecule has 0 radical (unpaired) electrons. The number of rotatable bonds is 8. The van der Waals surface area contributed by atoms with Crippen LogP contribution in [0.2, 0.25) is 0 Å². The zero-order valence-corrected chi connectivity index (χ0v) is 16.6. The van der Waals surface area contributed by atoms with Crippen molar-refractivity contribution in [1.29, 1.82) is 10.5 Å². The fourth-order valence-electron chi connectivity index (χ4n) is 3.26. The van der Waals surface area contributed by atoms with Gasteiger partial charge in [0.05, 0.1) is 23.3 Å². The molecule has 0 aromatic heterocycles. The molecule has 28 heavy (non-hydrogen) atoms. The van der Waals surface area contributed by atoms with E-state index in [1.165, 1.54) is 0 Å². The predicted molar refractivity (Wildman–Crippen MR) is 102 cm³/mol. The second-order valence-electron chi connectivity index (χ2n) is 6.35. The maximum atomic E-state index is 15.0. The van der Waals surface area contributed by atoms with Crippen molar-refractivity contribution in [3.8, 4) is 12.1 Å². The average molecular weight is 392 g/mol. The van der Waals surface area contributed by atoms with E-state index in [1.807, 2.05) is 12.1 Å². The van der Waals surface area contributed by atoms with Gasteiger partial charge < -0.3 is 0 Å². The van der Waals surface area contributed by atoms with E-state index in [-0.39, 0.29) is 48.0 Å². The lowest BCUT2D eigenvalue weighted by molar-refractivity contribution is 0.445. The normalized spacial score (nSPS) is 12.8. The van der Waals surface area contributed by atoms with Crippen molar-refractivity contribution in [3.63, 3.8) is 0 Å². The minimum Gasteiger partial charge on any atom is -0.203 e. The van der Waals surface area contributed by atoms with Crippen molar-refractivity contribution in [1.82, 2.24) is 0 Å². The van der Waals surface area contributed by atoms with E-state index in [0.717, 1.165) is 0 Å². The van der Waals surface area contributed by atoms with Crippen LogP contribution in [-0.2, 0) is 0 Å². The summed E-state index contributed by atoms with van der Waals surface area (Å²) < 4.78 is 59.7. The highest BCUT2D eigenvalue weighted by Crippen LogP contribution is 2.38. The van der Waals surface area contributed by atoms with Gasteiger partial charge in [0, 0.05) is 11.1 Å². The Hall–Kier alpha value is -2.60. The molecule has 0 aliphatic heterocycles. The van der Waals surface area contributed by atoms with Crippen molar-refractivity contribution in [3.05, 3.63) is 45.5 Å². The third-order valence-electron chi connectivity index (χ3n) is 4.57. The van der Waals surface area contributed by atoms with Gasteiger partial charge in [-0.1, -0.05) is 40.5 Å². The van der Waals surface area contributed by atoms with Crippen LogP contribution in [0.3, 0.4) is 0 Å². The first-order valence-electron chi connectivity index (χ1n) is 9.45. The summed E-state index contributed by atoms with van der Waals surface area (Å²) in [4.78, 5) is 0. The quantitative estimate of drug-likeness (QED) is 0.266. The molecule has 2 nitrogen and oxygen atoms in total. The summed E-state index contributed by atoms with van der Waals surface area (Å²) in [5.41, 5.74) is -1.55. The molecule has 0 amide bonds. The first-order valence-corrected chi connectivity index (χ1v) is 9.45. The average Bonchev–Trinajstić information content (AvgIpc) is 2.69. The fourth-order valence-corrected chi connectivity index (χ4v) is 3.26. The van der Waals surface area contributed by atoms with Crippen LogP contribution in [-0.4, -0.2) is 0 Å². The van der Waals surface area contributed by atoms with Gasteiger partial charge in [0.15, 0.2) is 23.3 Å². The third-order valence-corrected chi connectivity index (χ3v) is 4.57. The van der Waals surface area contributed by atoms with Crippen molar-refractivity contribution in [2.24, 2.45) is 0 Å². The second kappa shape index (κ2) is 10.7. The lowest BCUT2D eigenvalue weighted by Crippen LogP contribution is -2.10. The van der Waals surface area contributed by atoms with Gasteiger partial charge in [-0.3, -0.25) is 0 Å². The Morgan fingerprint density at radius 3 is 1.39 bits per heavy atom. The van der Waals surface area contributed by atoms with Crippen molar-refractivity contribution >= 4 is 11.1 Å². The van der Waals surface area contributed by atoms with Gasteiger partial charge >= 0.3 is 0 Å². The SMILES string of the molecule is CCC/C(C#N)=C(\CCC)c1c(F)c(F)c(/C(CC)=C(\C#N)CC)c(F)c1F. The molecule has 0 aliphatic rings.